The van der Waals surface area contributed by atoms with Crippen LogP contribution in [0.2, 0.25) is 0 Å². The number of hydrogen-bond donors (Lipinski definition) is 1. The lowest BCUT2D eigenvalue weighted by atomic mass is 10.1. The molecule has 1 N–H and O–H groups in total. The molecule has 4 nitrogen and oxygen atoms in total. The van der Waals surface area contributed by atoms with Crippen molar-refractivity contribution in [3.8, 4) is 11.5 Å². The molecule has 0 atom stereocenters. The maximum Gasteiger partial charge on any atom is 0.255 e. The Morgan fingerprint density at radius 1 is 1.16 bits per heavy atom. The van der Waals surface area contributed by atoms with Crippen molar-refractivity contribution >= 4 is 21.8 Å². The van der Waals surface area contributed by atoms with Crippen LogP contribution in [0.1, 0.15) is 35.3 Å². The number of aryl methyl sites for hydroxylation is 1. The first kappa shape index (κ1) is 21.0. The van der Waals surface area contributed by atoms with E-state index in [4.69, 9.17) is 9.47 Å². The number of benzene rings is 2. The molecule has 2 aromatic carbocycles. The summed E-state index contributed by atoms with van der Waals surface area (Å²) in [6.45, 7) is 5.98. The van der Waals surface area contributed by atoms with Gasteiger partial charge in [0.1, 0.15) is 17.3 Å². The van der Waals surface area contributed by atoms with Gasteiger partial charge in [-0.25, -0.2) is 4.39 Å². The summed E-state index contributed by atoms with van der Waals surface area (Å²) in [5.74, 6) is 0.195. The number of nitrogens with one attached hydrogen (secondary N) is 1. The van der Waals surface area contributed by atoms with E-state index in [0.29, 0.717) is 16.0 Å². The number of halogens is 2. The molecule has 136 valence electrons. The molecule has 0 aliphatic carbocycles. The van der Waals surface area contributed by atoms with Gasteiger partial charge in [-0.15, -0.1) is 0 Å². The van der Waals surface area contributed by atoms with Crippen LogP contribution < -0.4 is 14.8 Å². The van der Waals surface area contributed by atoms with Crippen molar-refractivity contribution in [3.05, 3.63) is 57.3 Å². The molecule has 0 saturated carbocycles. The van der Waals surface area contributed by atoms with Crippen LogP contribution in [0.3, 0.4) is 0 Å². The number of ether oxygens (including phenoxy) is 2. The lowest BCUT2D eigenvalue weighted by Gasteiger charge is -2.12. The van der Waals surface area contributed by atoms with E-state index >= 15 is 0 Å². The van der Waals surface area contributed by atoms with Crippen molar-refractivity contribution in [1.82, 2.24) is 5.32 Å². The molecule has 0 bridgehead atoms. The number of methoxy groups -OCH3 is 2. The average molecular weight is 412 g/mol. The molecule has 0 fully saturated rings. The Balaban J connectivity index is 0.00000151. The molecule has 1 amide bonds. The second-order valence-electron chi connectivity index (χ2n) is 4.96. The third-order valence-corrected chi connectivity index (χ3v) is 3.97. The third-order valence-electron chi connectivity index (χ3n) is 3.35. The second kappa shape index (κ2) is 10.0. The first-order valence-corrected chi connectivity index (χ1v) is 8.70. The molecular formula is C19H23BrFNO3. The lowest BCUT2D eigenvalue weighted by molar-refractivity contribution is 0.0946. The summed E-state index contributed by atoms with van der Waals surface area (Å²) in [5.41, 5.74) is 1.50. The van der Waals surface area contributed by atoms with E-state index in [1.807, 2.05) is 13.8 Å². The van der Waals surface area contributed by atoms with Gasteiger partial charge in [-0.2, -0.15) is 0 Å². The van der Waals surface area contributed by atoms with Gasteiger partial charge in [0.25, 0.3) is 5.91 Å². The van der Waals surface area contributed by atoms with Crippen LogP contribution in [-0.2, 0) is 6.54 Å². The fraction of sp³-hybridized carbons (Fsp3) is 0.316. The topological polar surface area (TPSA) is 47.6 Å². The molecule has 0 unspecified atom stereocenters. The number of hydrogen-bond acceptors (Lipinski definition) is 3. The van der Waals surface area contributed by atoms with Gasteiger partial charge in [-0.3, -0.25) is 4.79 Å². The highest BCUT2D eigenvalue weighted by Crippen LogP contribution is 2.25. The van der Waals surface area contributed by atoms with E-state index in [9.17, 15) is 9.18 Å². The Morgan fingerprint density at radius 3 is 2.40 bits per heavy atom. The van der Waals surface area contributed by atoms with Crippen LogP contribution in [0.15, 0.2) is 34.8 Å². The van der Waals surface area contributed by atoms with Gasteiger partial charge in [-0.1, -0.05) is 13.8 Å². The fourth-order valence-corrected chi connectivity index (χ4v) is 2.91. The molecule has 2 rings (SSSR count). The molecule has 0 saturated heterocycles. The van der Waals surface area contributed by atoms with Crippen molar-refractivity contribution < 1.29 is 18.7 Å². The van der Waals surface area contributed by atoms with Gasteiger partial charge >= 0.3 is 0 Å². The smallest absolute Gasteiger partial charge is 0.255 e. The summed E-state index contributed by atoms with van der Waals surface area (Å²) in [7, 11) is 3.10. The molecule has 2 aromatic rings. The Hall–Kier alpha value is -2.08. The van der Waals surface area contributed by atoms with Crippen LogP contribution >= 0.6 is 15.9 Å². The highest BCUT2D eigenvalue weighted by Gasteiger charge is 2.17. The number of rotatable bonds is 5. The van der Waals surface area contributed by atoms with E-state index in [1.165, 1.54) is 13.2 Å². The predicted octanol–water partition coefficient (Wildman–Crippen LogP) is 4.87. The minimum atomic E-state index is -0.559. The molecular weight excluding hydrogens is 389 g/mol. The molecule has 0 radical (unpaired) electrons. The van der Waals surface area contributed by atoms with E-state index in [0.717, 1.165) is 11.1 Å². The zero-order chi connectivity index (χ0) is 19.0. The molecule has 0 aliphatic heterocycles. The van der Waals surface area contributed by atoms with Crippen molar-refractivity contribution in [2.24, 2.45) is 0 Å². The van der Waals surface area contributed by atoms with Crippen LogP contribution in [0.4, 0.5) is 4.39 Å². The van der Waals surface area contributed by atoms with Crippen LogP contribution in [0, 0.1) is 12.7 Å². The molecule has 0 spiro atoms. The Morgan fingerprint density at radius 2 is 1.84 bits per heavy atom. The van der Waals surface area contributed by atoms with Crippen molar-refractivity contribution in [2.75, 3.05) is 14.2 Å². The number of carbonyl (C=O) groups excluding carboxylic acids is 1. The Kier molecular flexibility index (Phi) is 8.41. The first-order chi connectivity index (χ1) is 12.0. The maximum atomic E-state index is 14.0. The summed E-state index contributed by atoms with van der Waals surface area (Å²) >= 11 is 3.23. The lowest BCUT2D eigenvalue weighted by Crippen LogP contribution is -2.24. The molecule has 0 aromatic heterocycles. The predicted molar refractivity (Wildman–Crippen MR) is 101 cm³/mol. The van der Waals surface area contributed by atoms with Crippen molar-refractivity contribution in [2.45, 2.75) is 27.3 Å². The minimum absolute atomic E-state index is 0.0110. The second-order valence-corrected chi connectivity index (χ2v) is 5.82. The molecule has 25 heavy (non-hydrogen) atoms. The summed E-state index contributed by atoms with van der Waals surface area (Å²) in [4.78, 5) is 12.2. The largest absolute Gasteiger partial charge is 0.497 e. The van der Waals surface area contributed by atoms with E-state index in [-0.39, 0.29) is 12.1 Å². The quantitative estimate of drug-likeness (QED) is 0.762. The summed E-state index contributed by atoms with van der Waals surface area (Å²) in [6, 6.07) is 8.31. The summed E-state index contributed by atoms with van der Waals surface area (Å²) in [6.07, 6.45) is 0. The molecule has 0 heterocycles. The fourth-order valence-electron chi connectivity index (χ4n) is 2.18. The van der Waals surface area contributed by atoms with Gasteiger partial charge < -0.3 is 14.8 Å². The highest BCUT2D eigenvalue weighted by molar-refractivity contribution is 9.10. The third kappa shape index (κ3) is 5.46. The van der Waals surface area contributed by atoms with Gasteiger partial charge in [-0.05, 0) is 52.7 Å². The number of amides is 1. The zero-order valence-electron chi connectivity index (χ0n) is 15.1. The summed E-state index contributed by atoms with van der Waals surface area (Å²) in [5, 5.41) is 2.70. The monoisotopic (exact) mass is 411 g/mol. The normalized spacial score (nSPS) is 9.72. The standard InChI is InChI=1S/C17H17BrFNO3.C2H6/c1-10-6-13(18)16(14(19)7-10)17(21)20-9-11-4-5-12(22-2)8-15(11)23-3;1-2/h4-8H,9H2,1-3H3,(H,20,21);1-2H3. The van der Waals surface area contributed by atoms with Crippen molar-refractivity contribution in [3.63, 3.8) is 0 Å². The van der Waals surface area contributed by atoms with Gasteiger partial charge in [0.15, 0.2) is 0 Å². The van der Waals surface area contributed by atoms with Crippen molar-refractivity contribution in [1.29, 1.82) is 0 Å². The van der Waals surface area contributed by atoms with Gasteiger partial charge in [0.05, 0.1) is 19.8 Å². The number of carbonyl (C=O) groups is 1. The van der Waals surface area contributed by atoms with E-state index in [2.05, 4.69) is 21.2 Å². The maximum absolute atomic E-state index is 14.0. The Bertz CT molecular complexity index is 712. The van der Waals surface area contributed by atoms with Crippen LogP contribution in [0.25, 0.3) is 0 Å². The van der Waals surface area contributed by atoms with E-state index < -0.39 is 11.7 Å². The SMILES string of the molecule is CC.COc1ccc(CNC(=O)c2c(F)cc(C)cc2Br)c(OC)c1. The zero-order valence-corrected chi connectivity index (χ0v) is 16.7. The first-order valence-electron chi connectivity index (χ1n) is 7.91. The molecule has 0 aliphatic rings. The Labute approximate surface area is 156 Å². The highest BCUT2D eigenvalue weighted by atomic mass is 79.9. The molecule has 6 heteroatoms. The summed E-state index contributed by atoms with van der Waals surface area (Å²) < 4.78 is 24.8. The van der Waals surface area contributed by atoms with E-state index in [1.54, 1.807) is 38.3 Å². The van der Waals surface area contributed by atoms with Gasteiger partial charge in [0.2, 0.25) is 0 Å². The minimum Gasteiger partial charge on any atom is -0.497 e. The van der Waals surface area contributed by atoms with Gasteiger partial charge in [0, 0.05) is 22.6 Å². The van der Waals surface area contributed by atoms with Crippen LogP contribution in [-0.4, -0.2) is 20.1 Å². The average Bonchev–Trinajstić information content (AvgIpc) is 2.60. The van der Waals surface area contributed by atoms with Crippen LogP contribution in [0.5, 0.6) is 11.5 Å².